The van der Waals surface area contributed by atoms with Crippen LogP contribution < -0.4 is 4.90 Å². The molecule has 1 atom stereocenters. The molecule has 1 heterocycles. The highest BCUT2D eigenvalue weighted by atomic mass is 19.4. The SMILES string of the molecule is COC(=O)C1(C(F)(F)F)C(C)=C(C)N(c2ccccc2)C2=C1CCCC2. The van der Waals surface area contributed by atoms with Crippen LogP contribution >= 0.6 is 0 Å². The average molecular weight is 365 g/mol. The van der Waals surface area contributed by atoms with Gasteiger partial charge in [0.1, 0.15) is 0 Å². The lowest BCUT2D eigenvalue weighted by molar-refractivity contribution is -0.213. The number of carbonyl (C=O) groups excluding carboxylic acids is 1. The predicted molar refractivity (Wildman–Crippen MR) is 93.3 cm³/mol. The molecular formula is C20H22F3NO2. The van der Waals surface area contributed by atoms with Crippen LogP contribution in [0.4, 0.5) is 18.9 Å². The monoisotopic (exact) mass is 365 g/mol. The van der Waals surface area contributed by atoms with Crippen molar-refractivity contribution in [3.05, 3.63) is 52.9 Å². The van der Waals surface area contributed by atoms with Gasteiger partial charge in [0.25, 0.3) is 0 Å². The number of rotatable bonds is 2. The van der Waals surface area contributed by atoms with E-state index in [1.807, 2.05) is 35.2 Å². The summed E-state index contributed by atoms with van der Waals surface area (Å²) in [6.45, 7) is 3.04. The Bertz CT molecular complexity index is 780. The van der Waals surface area contributed by atoms with E-state index in [0.29, 0.717) is 24.2 Å². The molecule has 1 unspecified atom stereocenters. The smallest absolute Gasteiger partial charge is 0.412 e. The summed E-state index contributed by atoms with van der Waals surface area (Å²) in [5, 5.41) is 0. The van der Waals surface area contributed by atoms with E-state index in [-0.39, 0.29) is 17.6 Å². The highest BCUT2D eigenvalue weighted by molar-refractivity contribution is 5.88. The summed E-state index contributed by atoms with van der Waals surface area (Å²) in [7, 11) is 1.02. The minimum absolute atomic E-state index is 0.0126. The zero-order valence-corrected chi connectivity index (χ0v) is 15.1. The second-order valence-electron chi connectivity index (χ2n) is 6.75. The van der Waals surface area contributed by atoms with Crippen LogP contribution in [0, 0.1) is 5.41 Å². The Morgan fingerprint density at radius 2 is 1.73 bits per heavy atom. The van der Waals surface area contributed by atoms with E-state index < -0.39 is 17.6 Å². The molecule has 0 saturated carbocycles. The molecule has 0 saturated heterocycles. The van der Waals surface area contributed by atoms with Gasteiger partial charge in [-0.3, -0.25) is 4.79 Å². The van der Waals surface area contributed by atoms with Gasteiger partial charge in [0, 0.05) is 17.1 Å². The van der Waals surface area contributed by atoms with Crippen molar-refractivity contribution in [2.75, 3.05) is 12.0 Å². The third-order valence-electron chi connectivity index (χ3n) is 5.53. The molecule has 3 nitrogen and oxygen atoms in total. The molecule has 0 aromatic heterocycles. The van der Waals surface area contributed by atoms with Crippen LogP contribution in [0.15, 0.2) is 52.9 Å². The molecule has 0 spiro atoms. The second-order valence-corrected chi connectivity index (χ2v) is 6.75. The molecule has 2 aliphatic rings. The first-order valence-electron chi connectivity index (χ1n) is 8.67. The molecule has 1 aliphatic carbocycles. The van der Waals surface area contributed by atoms with Crippen LogP contribution in [0.25, 0.3) is 0 Å². The number of esters is 1. The highest BCUT2D eigenvalue weighted by Crippen LogP contribution is 2.58. The lowest BCUT2D eigenvalue weighted by atomic mass is 9.66. The fraction of sp³-hybridized carbons (Fsp3) is 0.450. The van der Waals surface area contributed by atoms with Crippen molar-refractivity contribution >= 4 is 11.7 Å². The molecule has 1 aliphatic heterocycles. The number of alkyl halides is 3. The zero-order valence-electron chi connectivity index (χ0n) is 15.1. The molecule has 1 aromatic carbocycles. The molecular weight excluding hydrogens is 343 g/mol. The molecule has 140 valence electrons. The highest BCUT2D eigenvalue weighted by Gasteiger charge is 2.67. The van der Waals surface area contributed by atoms with Crippen LogP contribution in [-0.2, 0) is 9.53 Å². The maximum Gasteiger partial charge on any atom is 0.412 e. The number of allylic oxidation sites excluding steroid dienone is 2. The van der Waals surface area contributed by atoms with Crippen LogP contribution in [0.1, 0.15) is 39.5 Å². The molecule has 1 aromatic rings. The van der Waals surface area contributed by atoms with E-state index in [4.69, 9.17) is 0 Å². The van der Waals surface area contributed by atoms with Crippen LogP contribution in [0.3, 0.4) is 0 Å². The molecule has 0 bridgehead atoms. The Hall–Kier alpha value is -2.24. The van der Waals surface area contributed by atoms with Gasteiger partial charge in [-0.25, -0.2) is 0 Å². The number of anilines is 1. The number of hydrogen-bond donors (Lipinski definition) is 0. The van der Waals surface area contributed by atoms with E-state index in [0.717, 1.165) is 19.2 Å². The minimum atomic E-state index is -4.76. The number of benzene rings is 1. The first kappa shape index (κ1) is 18.5. The number of hydrogen-bond acceptors (Lipinski definition) is 3. The number of methoxy groups -OCH3 is 1. The van der Waals surface area contributed by atoms with Gasteiger partial charge >= 0.3 is 12.1 Å². The number of ether oxygens (including phenoxy) is 1. The summed E-state index contributed by atoms with van der Waals surface area (Å²) >= 11 is 0. The minimum Gasteiger partial charge on any atom is -0.468 e. The van der Waals surface area contributed by atoms with Gasteiger partial charge in [0.15, 0.2) is 0 Å². The predicted octanol–water partition coefficient (Wildman–Crippen LogP) is 5.35. The largest absolute Gasteiger partial charge is 0.468 e. The Kier molecular flexibility index (Phi) is 4.63. The molecule has 26 heavy (non-hydrogen) atoms. The van der Waals surface area contributed by atoms with Gasteiger partial charge in [-0.2, -0.15) is 13.2 Å². The summed E-state index contributed by atoms with van der Waals surface area (Å²) in [6, 6.07) is 9.31. The van der Waals surface area contributed by atoms with E-state index in [9.17, 15) is 18.0 Å². The normalized spacial score (nSPS) is 23.8. The number of para-hydroxylation sites is 1. The van der Waals surface area contributed by atoms with Crippen molar-refractivity contribution in [1.29, 1.82) is 0 Å². The summed E-state index contributed by atoms with van der Waals surface area (Å²) in [5.74, 6) is -1.25. The fourth-order valence-electron chi connectivity index (χ4n) is 4.26. The van der Waals surface area contributed by atoms with E-state index in [1.165, 1.54) is 6.92 Å². The molecule has 0 N–H and O–H groups in total. The molecule has 6 heteroatoms. The van der Waals surface area contributed by atoms with Crippen molar-refractivity contribution in [3.8, 4) is 0 Å². The first-order valence-corrected chi connectivity index (χ1v) is 8.67. The van der Waals surface area contributed by atoms with Crippen molar-refractivity contribution < 1.29 is 22.7 Å². The summed E-state index contributed by atoms with van der Waals surface area (Å²) in [6.07, 6.45) is -2.60. The quantitative estimate of drug-likeness (QED) is 0.662. The maximum atomic E-state index is 14.4. The molecule has 0 radical (unpaired) electrons. The fourth-order valence-corrected chi connectivity index (χ4v) is 4.26. The number of nitrogens with zero attached hydrogens (tertiary/aromatic N) is 1. The van der Waals surface area contributed by atoms with Crippen LogP contribution in [-0.4, -0.2) is 19.3 Å². The van der Waals surface area contributed by atoms with Crippen molar-refractivity contribution in [3.63, 3.8) is 0 Å². The van der Waals surface area contributed by atoms with E-state index >= 15 is 0 Å². The topological polar surface area (TPSA) is 29.5 Å². The number of halogens is 3. The van der Waals surface area contributed by atoms with Crippen LogP contribution in [0.2, 0.25) is 0 Å². The van der Waals surface area contributed by atoms with Gasteiger partial charge in [-0.15, -0.1) is 0 Å². The van der Waals surface area contributed by atoms with Gasteiger partial charge in [0.05, 0.1) is 7.11 Å². The summed E-state index contributed by atoms with van der Waals surface area (Å²) < 4.78 is 47.8. The van der Waals surface area contributed by atoms with Gasteiger partial charge < -0.3 is 9.64 Å². The first-order chi connectivity index (χ1) is 12.3. The average Bonchev–Trinajstić information content (AvgIpc) is 2.62. The molecule has 0 fully saturated rings. The number of carbonyl (C=O) groups is 1. The summed E-state index contributed by atoms with van der Waals surface area (Å²) in [4.78, 5) is 14.4. The Labute approximate surface area is 151 Å². The maximum absolute atomic E-state index is 14.4. The van der Waals surface area contributed by atoms with Crippen molar-refractivity contribution in [2.45, 2.75) is 45.7 Å². The van der Waals surface area contributed by atoms with Crippen molar-refractivity contribution in [1.82, 2.24) is 0 Å². The molecule has 0 amide bonds. The zero-order chi connectivity index (χ0) is 19.1. The van der Waals surface area contributed by atoms with E-state index in [2.05, 4.69) is 4.74 Å². The second kappa shape index (κ2) is 6.49. The standard InChI is InChI=1S/C20H22F3NO2/c1-13-14(2)24(15-9-5-4-6-10-15)17-12-8-7-11-16(17)19(13,18(25)26-3)20(21,22)23/h4-6,9-10H,7-8,11-12H2,1-3H3. The Morgan fingerprint density at radius 1 is 1.12 bits per heavy atom. The Morgan fingerprint density at radius 3 is 2.31 bits per heavy atom. The van der Waals surface area contributed by atoms with Gasteiger partial charge in [-0.05, 0) is 62.8 Å². The lowest BCUT2D eigenvalue weighted by Gasteiger charge is -2.47. The summed E-state index contributed by atoms with van der Waals surface area (Å²) in [5.41, 5.74) is -0.754. The third-order valence-corrected chi connectivity index (χ3v) is 5.53. The van der Waals surface area contributed by atoms with Crippen LogP contribution in [0.5, 0.6) is 0 Å². The lowest BCUT2D eigenvalue weighted by Crippen LogP contribution is -2.53. The van der Waals surface area contributed by atoms with E-state index in [1.54, 1.807) is 6.92 Å². The molecule has 3 rings (SSSR count). The Balaban J connectivity index is 2.34. The van der Waals surface area contributed by atoms with Crippen molar-refractivity contribution in [2.24, 2.45) is 5.41 Å². The van der Waals surface area contributed by atoms with Gasteiger partial charge in [-0.1, -0.05) is 18.2 Å². The third kappa shape index (κ3) is 2.46. The van der Waals surface area contributed by atoms with Gasteiger partial charge in [0.2, 0.25) is 5.41 Å².